The minimum absolute atomic E-state index is 0.246. The fourth-order valence-corrected chi connectivity index (χ4v) is 3.86. The Bertz CT molecular complexity index is 628. The highest BCUT2D eigenvalue weighted by Gasteiger charge is 2.30. The van der Waals surface area contributed by atoms with Crippen molar-refractivity contribution in [3.63, 3.8) is 0 Å². The third-order valence-corrected chi connectivity index (χ3v) is 5.38. The Morgan fingerprint density at radius 1 is 1.50 bits per heavy atom. The van der Waals surface area contributed by atoms with E-state index < -0.39 is 20.6 Å². The highest BCUT2D eigenvalue weighted by molar-refractivity contribution is 9.10. The fraction of sp³-hybridized carbons (Fsp3) is 0.500. The van der Waals surface area contributed by atoms with Crippen LogP contribution in [0, 0.1) is 22.0 Å². The molecule has 0 amide bonds. The van der Waals surface area contributed by atoms with Gasteiger partial charge in [0.15, 0.2) is 4.90 Å². The van der Waals surface area contributed by atoms with Gasteiger partial charge in [-0.15, -0.1) is 0 Å². The van der Waals surface area contributed by atoms with Gasteiger partial charge in [0.2, 0.25) is 10.0 Å². The van der Waals surface area contributed by atoms with Crippen molar-refractivity contribution in [1.29, 1.82) is 0 Å². The number of sulfonamides is 1. The minimum atomic E-state index is -3.88. The molecule has 1 unspecified atom stereocenters. The van der Waals surface area contributed by atoms with Crippen LogP contribution in [0.5, 0.6) is 0 Å². The van der Waals surface area contributed by atoms with Gasteiger partial charge < -0.3 is 0 Å². The van der Waals surface area contributed by atoms with Gasteiger partial charge in [-0.05, 0) is 36.8 Å². The van der Waals surface area contributed by atoms with Crippen molar-refractivity contribution in [1.82, 2.24) is 4.72 Å². The Morgan fingerprint density at radius 3 is 2.70 bits per heavy atom. The Balaban J connectivity index is 2.23. The molecule has 1 saturated carbocycles. The Labute approximate surface area is 125 Å². The van der Waals surface area contributed by atoms with E-state index in [2.05, 4.69) is 20.7 Å². The van der Waals surface area contributed by atoms with E-state index >= 15 is 0 Å². The van der Waals surface area contributed by atoms with Crippen molar-refractivity contribution >= 4 is 31.6 Å². The third-order valence-electron chi connectivity index (χ3n) is 3.43. The number of nitro benzene ring substituents is 1. The first-order valence-corrected chi connectivity index (χ1v) is 8.52. The van der Waals surface area contributed by atoms with Gasteiger partial charge in [0.1, 0.15) is 0 Å². The van der Waals surface area contributed by atoms with Crippen LogP contribution in [-0.2, 0) is 10.0 Å². The molecule has 1 N–H and O–H groups in total. The number of halogens is 1. The molecule has 2 rings (SSSR count). The van der Waals surface area contributed by atoms with Crippen LogP contribution in [0.2, 0.25) is 0 Å². The summed E-state index contributed by atoms with van der Waals surface area (Å²) in [6.07, 6.45) is 2.25. The molecule has 0 bridgehead atoms. The van der Waals surface area contributed by atoms with E-state index in [1.54, 1.807) is 0 Å². The molecule has 8 heteroatoms. The van der Waals surface area contributed by atoms with Crippen molar-refractivity contribution in [3.05, 3.63) is 32.8 Å². The van der Waals surface area contributed by atoms with Gasteiger partial charge in [-0.2, -0.15) is 0 Å². The first-order chi connectivity index (χ1) is 9.31. The second-order valence-electron chi connectivity index (χ2n) is 5.04. The van der Waals surface area contributed by atoms with E-state index in [0.717, 1.165) is 12.8 Å². The summed E-state index contributed by atoms with van der Waals surface area (Å²) in [5.41, 5.74) is -0.417. The smallest absolute Gasteiger partial charge is 0.258 e. The molecular weight excluding hydrogens is 348 g/mol. The quantitative estimate of drug-likeness (QED) is 0.622. The summed E-state index contributed by atoms with van der Waals surface area (Å²) >= 11 is 3.14. The van der Waals surface area contributed by atoms with Crippen LogP contribution < -0.4 is 4.72 Å². The highest BCUT2D eigenvalue weighted by atomic mass is 79.9. The lowest BCUT2D eigenvalue weighted by atomic mass is 10.1. The van der Waals surface area contributed by atoms with Crippen LogP contribution in [0.4, 0.5) is 5.69 Å². The number of hydrogen-bond acceptors (Lipinski definition) is 4. The topological polar surface area (TPSA) is 89.3 Å². The van der Waals surface area contributed by atoms with E-state index in [4.69, 9.17) is 0 Å². The third kappa shape index (κ3) is 3.56. The number of benzene rings is 1. The van der Waals surface area contributed by atoms with Gasteiger partial charge in [-0.3, -0.25) is 10.1 Å². The normalized spacial score (nSPS) is 16.9. The predicted octanol–water partition coefficient (Wildman–Crippen LogP) is 2.68. The SMILES string of the molecule is CC(CNS(=O)(=O)c1cc(Br)ccc1[N+](=O)[O-])C1CC1. The van der Waals surface area contributed by atoms with Crippen LogP contribution in [0.1, 0.15) is 19.8 Å². The van der Waals surface area contributed by atoms with Crippen molar-refractivity contribution in [2.24, 2.45) is 11.8 Å². The summed E-state index contributed by atoms with van der Waals surface area (Å²) in [6.45, 7) is 2.28. The molecular formula is C12H15BrN2O4S. The molecule has 6 nitrogen and oxygen atoms in total. The van der Waals surface area contributed by atoms with Crippen LogP contribution in [0.3, 0.4) is 0 Å². The van der Waals surface area contributed by atoms with Gasteiger partial charge in [0, 0.05) is 17.1 Å². The summed E-state index contributed by atoms with van der Waals surface area (Å²) in [5.74, 6) is 0.811. The number of nitrogens with zero attached hydrogens (tertiary/aromatic N) is 1. The van der Waals surface area contributed by atoms with Crippen molar-refractivity contribution < 1.29 is 13.3 Å². The Hall–Kier alpha value is -0.990. The maximum absolute atomic E-state index is 12.2. The van der Waals surface area contributed by atoms with Crippen molar-refractivity contribution in [2.45, 2.75) is 24.7 Å². The van der Waals surface area contributed by atoms with Gasteiger partial charge in [-0.25, -0.2) is 13.1 Å². The molecule has 1 aromatic carbocycles. The molecule has 0 saturated heterocycles. The summed E-state index contributed by atoms with van der Waals surface area (Å²) in [6, 6.07) is 3.88. The first-order valence-electron chi connectivity index (χ1n) is 6.25. The predicted molar refractivity (Wildman–Crippen MR) is 77.9 cm³/mol. The molecule has 1 aliphatic rings. The zero-order valence-electron chi connectivity index (χ0n) is 10.9. The molecule has 110 valence electrons. The molecule has 1 aliphatic carbocycles. The number of nitro groups is 1. The van der Waals surface area contributed by atoms with Crippen LogP contribution >= 0.6 is 15.9 Å². The lowest BCUT2D eigenvalue weighted by Crippen LogP contribution is -2.29. The highest BCUT2D eigenvalue weighted by Crippen LogP contribution is 2.36. The monoisotopic (exact) mass is 362 g/mol. The van der Waals surface area contributed by atoms with E-state index in [1.165, 1.54) is 18.2 Å². The summed E-state index contributed by atoms with van der Waals surface area (Å²) in [4.78, 5) is 9.94. The van der Waals surface area contributed by atoms with Crippen molar-refractivity contribution in [3.8, 4) is 0 Å². The van der Waals surface area contributed by atoms with Gasteiger partial charge in [0.25, 0.3) is 5.69 Å². The molecule has 0 aromatic heterocycles. The van der Waals surface area contributed by atoms with Crippen LogP contribution in [0.15, 0.2) is 27.6 Å². The number of hydrogen-bond donors (Lipinski definition) is 1. The van der Waals surface area contributed by atoms with Gasteiger partial charge in [-0.1, -0.05) is 22.9 Å². The molecule has 1 atom stereocenters. The largest absolute Gasteiger partial charge is 0.289 e. The van der Waals surface area contributed by atoms with Crippen molar-refractivity contribution in [2.75, 3.05) is 6.54 Å². The van der Waals surface area contributed by atoms with Crippen LogP contribution in [0.25, 0.3) is 0 Å². The number of nitrogens with one attached hydrogen (secondary N) is 1. The molecule has 0 spiro atoms. The van der Waals surface area contributed by atoms with Gasteiger partial charge in [0.05, 0.1) is 4.92 Å². The Kier molecular flexibility index (Phi) is 4.46. The second-order valence-corrected chi connectivity index (χ2v) is 7.69. The molecule has 1 fully saturated rings. The maximum Gasteiger partial charge on any atom is 0.289 e. The minimum Gasteiger partial charge on any atom is -0.258 e. The standard InChI is InChI=1S/C12H15BrN2O4S/c1-8(9-2-3-9)7-14-20(18,19)12-6-10(13)4-5-11(12)15(16)17/h4-6,8-9,14H,2-3,7H2,1H3. The molecule has 0 aliphatic heterocycles. The fourth-order valence-electron chi connectivity index (χ4n) is 2.00. The number of rotatable bonds is 6. The lowest BCUT2D eigenvalue weighted by Gasteiger charge is -2.12. The first kappa shape index (κ1) is 15.4. The lowest BCUT2D eigenvalue weighted by molar-refractivity contribution is -0.387. The average Bonchev–Trinajstić information content (AvgIpc) is 3.20. The van der Waals surface area contributed by atoms with E-state index in [-0.39, 0.29) is 10.8 Å². The summed E-state index contributed by atoms with van der Waals surface area (Å²) in [7, 11) is -3.88. The summed E-state index contributed by atoms with van der Waals surface area (Å²) in [5, 5.41) is 10.9. The molecule has 20 heavy (non-hydrogen) atoms. The van der Waals surface area contributed by atoms with Gasteiger partial charge >= 0.3 is 0 Å². The zero-order chi connectivity index (χ0) is 14.9. The van der Waals surface area contributed by atoms with E-state index in [1.807, 2.05) is 6.92 Å². The molecule has 1 aromatic rings. The average molecular weight is 363 g/mol. The van der Waals surface area contributed by atoms with E-state index in [0.29, 0.717) is 16.9 Å². The Morgan fingerprint density at radius 2 is 2.15 bits per heavy atom. The van der Waals surface area contributed by atoms with Crippen LogP contribution in [-0.4, -0.2) is 19.9 Å². The maximum atomic E-state index is 12.2. The molecule has 0 radical (unpaired) electrons. The van der Waals surface area contributed by atoms with E-state index in [9.17, 15) is 18.5 Å². The second kappa shape index (κ2) is 5.79. The zero-order valence-corrected chi connectivity index (χ0v) is 13.3. The molecule has 0 heterocycles. The summed E-state index contributed by atoms with van der Waals surface area (Å²) < 4.78 is 27.4.